The summed E-state index contributed by atoms with van der Waals surface area (Å²) in [5.74, 6) is 0. The van der Waals surface area contributed by atoms with Gasteiger partial charge in [0.05, 0.1) is 15.9 Å². The summed E-state index contributed by atoms with van der Waals surface area (Å²) < 4.78 is 59.5. The van der Waals surface area contributed by atoms with E-state index in [4.69, 9.17) is 4.74 Å². The average Bonchev–Trinajstić information content (AvgIpc) is 3.15. The van der Waals surface area contributed by atoms with Gasteiger partial charge in [0.2, 0.25) is 10.0 Å². The average molecular weight is 396 g/mol. The van der Waals surface area contributed by atoms with Gasteiger partial charge in [-0.15, -0.1) is 0 Å². The number of hydrogen-bond acceptors (Lipinski definition) is 5. The molecule has 2 N–H and O–H groups in total. The van der Waals surface area contributed by atoms with Gasteiger partial charge in [0.15, 0.2) is 0 Å². The summed E-state index contributed by atoms with van der Waals surface area (Å²) in [4.78, 5) is 0.202. The van der Waals surface area contributed by atoms with Crippen LogP contribution < -0.4 is 9.44 Å². The standard InChI is InChI=1S/C17H20N2O5S2/c20-25(21,18-13-15-5-4-12-24-15)17-10-8-14(9-11-17)19-26(22,23)16-6-2-1-3-7-16/h1-3,6-11,15,18-19H,4-5,12-13H2. The molecule has 1 saturated heterocycles. The van der Waals surface area contributed by atoms with Crippen molar-refractivity contribution in [2.45, 2.75) is 28.7 Å². The van der Waals surface area contributed by atoms with Crippen LogP contribution >= 0.6 is 0 Å². The Labute approximate surface area is 153 Å². The zero-order chi connectivity index (χ0) is 18.6. The highest BCUT2D eigenvalue weighted by Gasteiger charge is 2.20. The van der Waals surface area contributed by atoms with E-state index in [0.717, 1.165) is 12.8 Å². The smallest absolute Gasteiger partial charge is 0.261 e. The third-order valence-corrected chi connectivity index (χ3v) is 6.83. The molecule has 2 aromatic carbocycles. The van der Waals surface area contributed by atoms with Crippen molar-refractivity contribution in [1.82, 2.24) is 4.72 Å². The van der Waals surface area contributed by atoms with Crippen LogP contribution in [0.5, 0.6) is 0 Å². The van der Waals surface area contributed by atoms with Gasteiger partial charge in [0, 0.05) is 18.8 Å². The molecule has 0 radical (unpaired) electrons. The summed E-state index contributed by atoms with van der Waals surface area (Å²) in [6.07, 6.45) is 1.67. The Balaban J connectivity index is 1.68. The molecular formula is C17H20N2O5S2. The van der Waals surface area contributed by atoms with Crippen molar-refractivity contribution in [3.8, 4) is 0 Å². The molecule has 0 saturated carbocycles. The summed E-state index contributed by atoms with van der Waals surface area (Å²) in [6.45, 7) is 0.882. The van der Waals surface area contributed by atoms with Gasteiger partial charge in [0.1, 0.15) is 0 Å². The molecule has 1 aliphatic heterocycles. The normalized spacial score (nSPS) is 17.9. The second-order valence-electron chi connectivity index (χ2n) is 5.93. The first-order valence-electron chi connectivity index (χ1n) is 8.16. The summed E-state index contributed by atoms with van der Waals surface area (Å²) in [6, 6.07) is 13.5. The van der Waals surface area contributed by atoms with Crippen molar-refractivity contribution in [3.63, 3.8) is 0 Å². The molecular weight excluding hydrogens is 376 g/mol. The Morgan fingerprint density at radius 3 is 2.15 bits per heavy atom. The first kappa shape index (κ1) is 18.8. The maximum Gasteiger partial charge on any atom is 0.261 e. The third-order valence-electron chi connectivity index (χ3n) is 4.00. The molecule has 1 fully saturated rings. The second kappa shape index (κ2) is 7.75. The lowest BCUT2D eigenvalue weighted by molar-refractivity contribution is 0.114. The number of sulfonamides is 2. The highest BCUT2D eigenvalue weighted by atomic mass is 32.2. The van der Waals surface area contributed by atoms with E-state index in [1.807, 2.05) is 0 Å². The molecule has 0 bridgehead atoms. The van der Waals surface area contributed by atoms with Gasteiger partial charge in [-0.05, 0) is 49.2 Å². The molecule has 1 heterocycles. The third kappa shape index (κ3) is 4.61. The Hall–Kier alpha value is -1.94. The molecule has 7 nitrogen and oxygen atoms in total. The van der Waals surface area contributed by atoms with Crippen molar-refractivity contribution in [3.05, 3.63) is 54.6 Å². The molecule has 2 aromatic rings. The molecule has 1 unspecified atom stereocenters. The Morgan fingerprint density at radius 1 is 0.885 bits per heavy atom. The van der Waals surface area contributed by atoms with Crippen LogP contribution in [0.25, 0.3) is 0 Å². The van der Waals surface area contributed by atoms with E-state index in [1.165, 1.54) is 36.4 Å². The van der Waals surface area contributed by atoms with Gasteiger partial charge >= 0.3 is 0 Å². The summed E-state index contributed by atoms with van der Waals surface area (Å²) in [5.41, 5.74) is 0.284. The van der Waals surface area contributed by atoms with E-state index >= 15 is 0 Å². The zero-order valence-corrected chi connectivity index (χ0v) is 15.6. The van der Waals surface area contributed by atoms with Crippen LogP contribution in [0.1, 0.15) is 12.8 Å². The van der Waals surface area contributed by atoms with Crippen molar-refractivity contribution in [2.75, 3.05) is 17.9 Å². The maximum absolute atomic E-state index is 12.3. The number of anilines is 1. The number of hydrogen-bond donors (Lipinski definition) is 2. The number of benzene rings is 2. The first-order chi connectivity index (χ1) is 12.4. The van der Waals surface area contributed by atoms with Crippen molar-refractivity contribution in [1.29, 1.82) is 0 Å². The maximum atomic E-state index is 12.3. The van der Waals surface area contributed by atoms with E-state index < -0.39 is 20.0 Å². The lowest BCUT2D eigenvalue weighted by atomic mass is 10.2. The lowest BCUT2D eigenvalue weighted by Crippen LogP contribution is -2.31. The molecule has 0 spiro atoms. The number of nitrogens with one attached hydrogen (secondary N) is 2. The Morgan fingerprint density at radius 2 is 1.54 bits per heavy atom. The van der Waals surface area contributed by atoms with Crippen LogP contribution in [0.2, 0.25) is 0 Å². The van der Waals surface area contributed by atoms with Crippen molar-refractivity contribution >= 4 is 25.7 Å². The van der Waals surface area contributed by atoms with Crippen LogP contribution in [0.3, 0.4) is 0 Å². The van der Waals surface area contributed by atoms with Crippen LogP contribution in [0.4, 0.5) is 5.69 Å². The fraction of sp³-hybridized carbons (Fsp3) is 0.294. The van der Waals surface area contributed by atoms with Crippen LogP contribution in [0.15, 0.2) is 64.4 Å². The van der Waals surface area contributed by atoms with Crippen LogP contribution in [-0.4, -0.2) is 36.1 Å². The monoisotopic (exact) mass is 396 g/mol. The predicted molar refractivity (Wildman–Crippen MR) is 97.9 cm³/mol. The summed E-state index contributed by atoms with van der Waals surface area (Å²) >= 11 is 0. The SMILES string of the molecule is O=S(=O)(NCC1CCCO1)c1ccc(NS(=O)(=O)c2ccccc2)cc1. The predicted octanol–water partition coefficient (Wildman–Crippen LogP) is 1.94. The minimum atomic E-state index is -3.71. The van der Waals surface area contributed by atoms with Crippen molar-refractivity contribution < 1.29 is 21.6 Å². The number of ether oxygens (including phenoxy) is 1. The highest BCUT2D eigenvalue weighted by Crippen LogP contribution is 2.19. The van der Waals surface area contributed by atoms with Gasteiger partial charge in [-0.2, -0.15) is 0 Å². The minimum absolute atomic E-state index is 0.0677. The van der Waals surface area contributed by atoms with E-state index in [-0.39, 0.29) is 28.1 Å². The van der Waals surface area contributed by atoms with Gasteiger partial charge in [-0.25, -0.2) is 21.6 Å². The lowest BCUT2D eigenvalue weighted by Gasteiger charge is -2.12. The summed E-state index contributed by atoms with van der Waals surface area (Å²) in [7, 11) is -7.38. The Kier molecular flexibility index (Phi) is 5.61. The molecule has 140 valence electrons. The van der Waals surface area contributed by atoms with Crippen LogP contribution in [-0.2, 0) is 24.8 Å². The van der Waals surface area contributed by atoms with Crippen LogP contribution in [0, 0.1) is 0 Å². The quantitative estimate of drug-likeness (QED) is 0.745. The van der Waals surface area contributed by atoms with Gasteiger partial charge in [0.25, 0.3) is 10.0 Å². The molecule has 0 aliphatic carbocycles. The largest absolute Gasteiger partial charge is 0.377 e. The second-order valence-corrected chi connectivity index (χ2v) is 9.38. The molecule has 0 amide bonds. The molecule has 1 atom stereocenters. The van der Waals surface area contributed by atoms with E-state index in [1.54, 1.807) is 18.2 Å². The minimum Gasteiger partial charge on any atom is -0.377 e. The fourth-order valence-electron chi connectivity index (χ4n) is 2.61. The first-order valence-corrected chi connectivity index (χ1v) is 11.1. The topological polar surface area (TPSA) is 102 Å². The van der Waals surface area contributed by atoms with Crippen molar-refractivity contribution in [2.24, 2.45) is 0 Å². The van der Waals surface area contributed by atoms with E-state index in [0.29, 0.717) is 6.61 Å². The van der Waals surface area contributed by atoms with Gasteiger partial charge < -0.3 is 4.74 Å². The fourth-order valence-corrected chi connectivity index (χ4v) is 4.75. The molecule has 0 aromatic heterocycles. The molecule has 9 heteroatoms. The van der Waals surface area contributed by atoms with Gasteiger partial charge in [-0.1, -0.05) is 18.2 Å². The Bertz CT molecular complexity index is 936. The number of rotatable bonds is 7. The van der Waals surface area contributed by atoms with E-state index in [2.05, 4.69) is 9.44 Å². The zero-order valence-electron chi connectivity index (χ0n) is 14.0. The summed E-state index contributed by atoms with van der Waals surface area (Å²) in [5, 5.41) is 0. The highest BCUT2D eigenvalue weighted by molar-refractivity contribution is 7.92. The molecule has 3 rings (SSSR count). The van der Waals surface area contributed by atoms with E-state index in [9.17, 15) is 16.8 Å². The molecule has 1 aliphatic rings. The van der Waals surface area contributed by atoms with Gasteiger partial charge in [-0.3, -0.25) is 4.72 Å². The molecule has 26 heavy (non-hydrogen) atoms.